The van der Waals surface area contributed by atoms with Gasteiger partial charge in [-0.1, -0.05) is 66.7 Å². The van der Waals surface area contributed by atoms with E-state index in [1.54, 1.807) is 0 Å². The number of thiazole rings is 1. The number of hydrogen-bond donors (Lipinski definition) is 1. The molecule has 0 amide bonds. The van der Waals surface area contributed by atoms with Crippen LogP contribution in [0.1, 0.15) is 4.88 Å². The summed E-state index contributed by atoms with van der Waals surface area (Å²) in [5.74, 6) is -1.11. The highest BCUT2D eigenvalue weighted by molar-refractivity contribution is 7.16. The molecule has 0 aliphatic rings. The number of carboxylic acids is 1. The number of fused-ring (bicyclic) bond motifs is 1. The Bertz CT molecular complexity index is 1070. The fraction of sp³-hybridized carbons (Fsp3) is 0.0476. The van der Waals surface area contributed by atoms with Crippen LogP contribution < -0.4 is 10.4 Å². The van der Waals surface area contributed by atoms with Crippen molar-refractivity contribution in [3.05, 3.63) is 77.7 Å². The molecule has 4 rings (SSSR count). The van der Waals surface area contributed by atoms with Crippen LogP contribution in [-0.2, 0) is 11.2 Å². The van der Waals surface area contributed by atoms with Crippen molar-refractivity contribution in [2.24, 2.45) is 0 Å². The molecule has 1 aromatic heterocycles. The topological polar surface area (TPSA) is 65.0 Å². The summed E-state index contributed by atoms with van der Waals surface area (Å²) in [4.78, 5) is 16.5. The van der Waals surface area contributed by atoms with E-state index in [1.807, 2.05) is 60.7 Å². The number of carboxylic acid groups (broad SMARTS) is 1. The van der Waals surface area contributed by atoms with Crippen LogP contribution in [0, 0.1) is 0 Å². The van der Waals surface area contributed by atoms with E-state index in [2.05, 4.69) is 22.4 Å². The molecule has 0 radical (unpaired) electrons. The summed E-state index contributed by atoms with van der Waals surface area (Å²) in [6, 6.07) is 23.7. The molecule has 0 atom stereocenters. The van der Waals surface area contributed by atoms with Crippen LogP contribution >= 0.6 is 11.3 Å². The molecule has 0 aliphatic carbocycles. The van der Waals surface area contributed by atoms with Gasteiger partial charge in [-0.25, -0.2) is 4.98 Å². The molecule has 0 bridgehead atoms. The smallest absolute Gasteiger partial charge is 0.188 e. The maximum absolute atomic E-state index is 11.1. The summed E-state index contributed by atoms with van der Waals surface area (Å²) >= 11 is 1.34. The van der Waals surface area contributed by atoms with Crippen molar-refractivity contribution >= 4 is 38.9 Å². The van der Waals surface area contributed by atoms with Gasteiger partial charge in [-0.05, 0) is 11.5 Å². The molecule has 3 aromatic carbocycles. The maximum Gasteiger partial charge on any atom is 0.188 e. The Morgan fingerprint density at radius 3 is 2.50 bits per heavy atom. The van der Waals surface area contributed by atoms with E-state index in [1.165, 1.54) is 11.3 Å². The summed E-state index contributed by atoms with van der Waals surface area (Å²) in [5.41, 5.74) is 2.52. The third-order valence-electron chi connectivity index (χ3n) is 4.08. The van der Waals surface area contributed by atoms with Gasteiger partial charge in [-0.15, -0.1) is 11.3 Å². The van der Waals surface area contributed by atoms with Crippen molar-refractivity contribution in [2.45, 2.75) is 6.42 Å². The third kappa shape index (κ3) is 3.30. The predicted octanol–water partition coefficient (Wildman–Crippen LogP) is 4.00. The number of benzene rings is 3. The second-order valence-electron chi connectivity index (χ2n) is 5.86. The molecule has 1 N–H and O–H groups in total. The van der Waals surface area contributed by atoms with Crippen molar-refractivity contribution in [2.75, 3.05) is 5.32 Å². The summed E-state index contributed by atoms with van der Waals surface area (Å²) < 4.78 is 0. The van der Waals surface area contributed by atoms with Gasteiger partial charge in [-0.3, -0.25) is 0 Å². The number of nitrogens with one attached hydrogen (secondary N) is 1. The zero-order chi connectivity index (χ0) is 17.9. The van der Waals surface area contributed by atoms with E-state index in [0.29, 0.717) is 15.7 Å². The number of aromatic nitrogens is 1. The number of hydrogen-bond acceptors (Lipinski definition) is 5. The van der Waals surface area contributed by atoms with Crippen molar-refractivity contribution < 1.29 is 9.90 Å². The van der Waals surface area contributed by atoms with Crippen LogP contribution in [-0.4, -0.2) is 11.0 Å². The minimum Gasteiger partial charge on any atom is -0.550 e. The molecule has 0 spiro atoms. The Balaban J connectivity index is 1.75. The van der Waals surface area contributed by atoms with Crippen LogP contribution in [0.2, 0.25) is 0 Å². The molecule has 0 saturated heterocycles. The quantitative estimate of drug-likeness (QED) is 0.585. The standard InChI is InChI=1S/C21H16N2O2S/c24-19(25)13-18-20(15-8-2-1-3-9-15)23-21(26-18)22-17-12-6-10-14-7-4-5-11-16(14)17/h1-12H,13H2,(H,22,23)(H,24,25)/p-1. The second kappa shape index (κ2) is 6.98. The number of anilines is 2. The van der Waals surface area contributed by atoms with E-state index < -0.39 is 5.97 Å². The minimum absolute atomic E-state index is 0.154. The van der Waals surface area contributed by atoms with Crippen molar-refractivity contribution in [3.8, 4) is 11.3 Å². The van der Waals surface area contributed by atoms with E-state index in [9.17, 15) is 9.90 Å². The Morgan fingerprint density at radius 2 is 1.69 bits per heavy atom. The lowest BCUT2D eigenvalue weighted by atomic mass is 10.1. The maximum atomic E-state index is 11.1. The SMILES string of the molecule is O=C([O-])Cc1sc(Nc2cccc3ccccc23)nc1-c1ccccc1. The van der Waals surface area contributed by atoms with Crippen LogP contribution in [0.15, 0.2) is 72.8 Å². The van der Waals surface area contributed by atoms with Crippen LogP contribution in [0.25, 0.3) is 22.0 Å². The number of carbonyl (C=O) groups is 1. The van der Waals surface area contributed by atoms with Gasteiger partial charge < -0.3 is 15.2 Å². The van der Waals surface area contributed by atoms with Gasteiger partial charge in [0, 0.05) is 33.9 Å². The number of rotatable bonds is 5. The minimum atomic E-state index is -1.11. The number of aliphatic carboxylic acids is 1. The van der Waals surface area contributed by atoms with E-state index in [4.69, 9.17) is 0 Å². The fourth-order valence-corrected chi connectivity index (χ4v) is 3.91. The molecule has 128 valence electrons. The molecule has 26 heavy (non-hydrogen) atoms. The van der Waals surface area contributed by atoms with E-state index >= 15 is 0 Å². The van der Waals surface area contributed by atoms with Gasteiger partial charge in [0.25, 0.3) is 0 Å². The monoisotopic (exact) mass is 359 g/mol. The fourth-order valence-electron chi connectivity index (χ4n) is 2.93. The summed E-state index contributed by atoms with van der Waals surface area (Å²) in [7, 11) is 0. The molecule has 1 heterocycles. The van der Waals surface area contributed by atoms with Gasteiger partial charge in [0.05, 0.1) is 5.69 Å². The van der Waals surface area contributed by atoms with E-state index in [-0.39, 0.29) is 6.42 Å². The average Bonchev–Trinajstić information content (AvgIpc) is 3.04. The zero-order valence-corrected chi connectivity index (χ0v) is 14.6. The van der Waals surface area contributed by atoms with Gasteiger partial charge in [0.2, 0.25) is 0 Å². The first-order valence-corrected chi connectivity index (χ1v) is 9.02. The molecule has 5 heteroatoms. The van der Waals surface area contributed by atoms with Crippen LogP contribution in [0.4, 0.5) is 10.8 Å². The van der Waals surface area contributed by atoms with Crippen molar-refractivity contribution in [3.63, 3.8) is 0 Å². The largest absolute Gasteiger partial charge is 0.550 e. The number of carbonyl (C=O) groups excluding carboxylic acids is 1. The van der Waals surface area contributed by atoms with Gasteiger partial charge in [0.15, 0.2) is 5.13 Å². The molecule has 0 fully saturated rings. The Labute approximate surface area is 154 Å². The highest BCUT2D eigenvalue weighted by Crippen LogP contribution is 2.34. The second-order valence-corrected chi connectivity index (χ2v) is 6.94. The lowest BCUT2D eigenvalue weighted by Crippen LogP contribution is -2.24. The zero-order valence-electron chi connectivity index (χ0n) is 13.8. The van der Waals surface area contributed by atoms with Gasteiger partial charge >= 0.3 is 0 Å². The third-order valence-corrected chi connectivity index (χ3v) is 5.05. The average molecular weight is 359 g/mol. The molecular formula is C21H15N2O2S-. The first-order chi connectivity index (χ1) is 12.7. The Morgan fingerprint density at radius 1 is 0.962 bits per heavy atom. The predicted molar refractivity (Wildman–Crippen MR) is 103 cm³/mol. The van der Waals surface area contributed by atoms with E-state index in [0.717, 1.165) is 22.0 Å². The van der Waals surface area contributed by atoms with Gasteiger partial charge in [-0.2, -0.15) is 0 Å². The molecule has 0 saturated carbocycles. The first kappa shape index (κ1) is 16.3. The molecular weight excluding hydrogens is 344 g/mol. The molecule has 0 unspecified atom stereocenters. The molecule has 4 nitrogen and oxygen atoms in total. The Hall–Kier alpha value is -3.18. The Kier molecular flexibility index (Phi) is 4.37. The van der Waals surface area contributed by atoms with Crippen LogP contribution in [0.3, 0.4) is 0 Å². The van der Waals surface area contributed by atoms with Crippen molar-refractivity contribution in [1.29, 1.82) is 0 Å². The summed E-state index contributed by atoms with van der Waals surface area (Å²) in [6.45, 7) is 0. The molecule has 0 aliphatic heterocycles. The number of nitrogens with zero attached hydrogens (tertiary/aromatic N) is 1. The highest BCUT2D eigenvalue weighted by Gasteiger charge is 2.14. The van der Waals surface area contributed by atoms with Crippen molar-refractivity contribution in [1.82, 2.24) is 4.98 Å². The summed E-state index contributed by atoms with van der Waals surface area (Å²) in [5, 5.41) is 17.4. The van der Waals surface area contributed by atoms with Crippen LogP contribution in [0.5, 0.6) is 0 Å². The highest BCUT2D eigenvalue weighted by atomic mass is 32.1. The summed E-state index contributed by atoms with van der Waals surface area (Å²) in [6.07, 6.45) is -0.154. The molecule has 4 aromatic rings. The normalized spacial score (nSPS) is 10.8. The van der Waals surface area contributed by atoms with Gasteiger partial charge in [0.1, 0.15) is 0 Å². The lowest BCUT2D eigenvalue weighted by molar-refractivity contribution is -0.304. The lowest BCUT2D eigenvalue weighted by Gasteiger charge is -2.06. The first-order valence-electron chi connectivity index (χ1n) is 8.20.